The molecule has 0 spiro atoms. The van der Waals surface area contributed by atoms with Gasteiger partial charge in [-0.05, 0) is 42.8 Å². The number of fused-ring (bicyclic) bond motifs is 1. The van der Waals surface area contributed by atoms with Crippen molar-refractivity contribution in [3.8, 4) is 12.1 Å². The van der Waals surface area contributed by atoms with E-state index in [2.05, 4.69) is 56.2 Å². The number of benzene rings is 2. The Morgan fingerprint density at radius 2 is 1.71 bits per heavy atom. The van der Waals surface area contributed by atoms with E-state index >= 15 is 0 Å². The highest BCUT2D eigenvalue weighted by atomic mass is 15.3. The fraction of sp³-hybridized carbons (Fsp3) is 0.222. The van der Waals surface area contributed by atoms with Gasteiger partial charge in [-0.25, -0.2) is 4.98 Å². The van der Waals surface area contributed by atoms with Crippen LogP contribution in [0.15, 0.2) is 66.9 Å². The SMILES string of the molecule is C[C@@H]1CN(c2nnc(Cc3ccccc3)c3cc(C#N)ccc23)CCN1c1ccc(C#N)cn1. The summed E-state index contributed by atoms with van der Waals surface area (Å²) in [7, 11) is 0. The van der Waals surface area contributed by atoms with Gasteiger partial charge in [0.2, 0.25) is 0 Å². The van der Waals surface area contributed by atoms with Crippen LogP contribution in [0.25, 0.3) is 10.8 Å². The molecule has 0 unspecified atom stereocenters. The van der Waals surface area contributed by atoms with Gasteiger partial charge >= 0.3 is 0 Å². The number of anilines is 2. The molecular weight excluding hydrogens is 422 g/mol. The van der Waals surface area contributed by atoms with E-state index in [0.29, 0.717) is 17.5 Å². The molecule has 0 amide bonds. The van der Waals surface area contributed by atoms with Crippen molar-refractivity contribution >= 4 is 22.4 Å². The first-order valence-corrected chi connectivity index (χ1v) is 11.3. The predicted octanol–water partition coefficient (Wildman–Crippen LogP) is 4.07. The van der Waals surface area contributed by atoms with Crippen LogP contribution >= 0.6 is 0 Å². The van der Waals surface area contributed by atoms with Crippen LogP contribution in [0.2, 0.25) is 0 Å². The molecule has 5 rings (SSSR count). The molecule has 1 atom stereocenters. The lowest BCUT2D eigenvalue weighted by Gasteiger charge is -2.41. The smallest absolute Gasteiger partial charge is 0.159 e. The highest BCUT2D eigenvalue weighted by Crippen LogP contribution is 2.30. The lowest BCUT2D eigenvalue weighted by Crippen LogP contribution is -2.52. The predicted molar refractivity (Wildman–Crippen MR) is 131 cm³/mol. The van der Waals surface area contributed by atoms with Gasteiger partial charge in [-0.3, -0.25) is 0 Å². The second kappa shape index (κ2) is 9.17. The van der Waals surface area contributed by atoms with Crippen LogP contribution in [-0.2, 0) is 6.42 Å². The van der Waals surface area contributed by atoms with Gasteiger partial charge in [-0.15, -0.1) is 5.10 Å². The number of rotatable bonds is 4. The summed E-state index contributed by atoms with van der Waals surface area (Å²) in [6.07, 6.45) is 2.28. The molecule has 1 aliphatic rings. The Morgan fingerprint density at radius 1 is 0.912 bits per heavy atom. The molecule has 4 aromatic rings. The maximum absolute atomic E-state index is 9.48. The summed E-state index contributed by atoms with van der Waals surface area (Å²) < 4.78 is 0. The third-order valence-electron chi connectivity index (χ3n) is 6.28. The van der Waals surface area contributed by atoms with Crippen LogP contribution < -0.4 is 9.80 Å². The molecule has 0 saturated carbocycles. The molecule has 34 heavy (non-hydrogen) atoms. The lowest BCUT2D eigenvalue weighted by molar-refractivity contribution is 0.542. The van der Waals surface area contributed by atoms with Crippen molar-refractivity contribution in [3.05, 3.63) is 89.2 Å². The molecule has 2 aromatic heterocycles. The van der Waals surface area contributed by atoms with Crippen LogP contribution in [0.5, 0.6) is 0 Å². The Hall–Kier alpha value is -4.49. The van der Waals surface area contributed by atoms with Crippen molar-refractivity contribution in [2.45, 2.75) is 19.4 Å². The van der Waals surface area contributed by atoms with Crippen molar-refractivity contribution in [2.75, 3.05) is 29.4 Å². The average molecular weight is 446 g/mol. The van der Waals surface area contributed by atoms with Gasteiger partial charge in [-0.2, -0.15) is 15.6 Å². The number of hydrogen-bond donors (Lipinski definition) is 0. The van der Waals surface area contributed by atoms with E-state index in [1.54, 1.807) is 12.3 Å². The largest absolute Gasteiger partial charge is 0.351 e. The molecular formula is C27H23N7. The molecule has 7 heteroatoms. The van der Waals surface area contributed by atoms with Gasteiger partial charge in [0.15, 0.2) is 5.82 Å². The molecule has 7 nitrogen and oxygen atoms in total. The van der Waals surface area contributed by atoms with E-state index in [0.717, 1.165) is 53.3 Å². The summed E-state index contributed by atoms with van der Waals surface area (Å²) in [5, 5.41) is 29.8. The minimum absolute atomic E-state index is 0.202. The maximum Gasteiger partial charge on any atom is 0.159 e. The molecule has 0 N–H and O–H groups in total. The number of nitriles is 2. The zero-order valence-corrected chi connectivity index (χ0v) is 18.9. The van der Waals surface area contributed by atoms with E-state index in [4.69, 9.17) is 5.26 Å². The minimum atomic E-state index is 0.202. The molecule has 2 aromatic carbocycles. The summed E-state index contributed by atoms with van der Waals surface area (Å²) in [6.45, 7) is 4.49. The van der Waals surface area contributed by atoms with Crippen molar-refractivity contribution in [1.82, 2.24) is 15.2 Å². The summed E-state index contributed by atoms with van der Waals surface area (Å²) in [4.78, 5) is 8.99. The van der Waals surface area contributed by atoms with Gasteiger partial charge in [-0.1, -0.05) is 30.3 Å². The molecule has 1 fully saturated rings. The Balaban J connectivity index is 1.45. The number of piperazine rings is 1. The first-order valence-electron chi connectivity index (χ1n) is 11.3. The minimum Gasteiger partial charge on any atom is -0.351 e. The monoisotopic (exact) mass is 445 g/mol. The summed E-state index contributed by atoms with van der Waals surface area (Å²) in [5.41, 5.74) is 3.20. The number of aromatic nitrogens is 3. The zero-order valence-electron chi connectivity index (χ0n) is 18.9. The molecule has 1 aliphatic heterocycles. The standard InChI is InChI=1S/C27H23N7/c1-19-18-33(11-12-34(19)26-10-8-22(16-29)17-30-26)27-23-9-7-21(15-28)13-24(23)25(31-32-27)14-20-5-3-2-4-6-20/h2-10,13,17,19H,11-12,14,18H2,1H3/t19-/m1/s1. The second-order valence-electron chi connectivity index (χ2n) is 8.51. The van der Waals surface area contributed by atoms with Crippen LogP contribution in [-0.4, -0.2) is 40.9 Å². The van der Waals surface area contributed by atoms with Gasteiger partial charge in [0.05, 0.1) is 22.9 Å². The van der Waals surface area contributed by atoms with Crippen molar-refractivity contribution < 1.29 is 0 Å². The Labute approximate surface area is 198 Å². The Morgan fingerprint density at radius 3 is 2.41 bits per heavy atom. The average Bonchev–Trinajstić information content (AvgIpc) is 2.89. The topological polar surface area (TPSA) is 92.7 Å². The maximum atomic E-state index is 9.48. The van der Waals surface area contributed by atoms with Crippen molar-refractivity contribution in [1.29, 1.82) is 10.5 Å². The first kappa shape index (κ1) is 21.4. The second-order valence-corrected chi connectivity index (χ2v) is 8.51. The normalized spacial score (nSPS) is 15.7. The number of pyridine rings is 1. The number of nitrogens with zero attached hydrogens (tertiary/aromatic N) is 7. The van der Waals surface area contributed by atoms with Gasteiger partial charge in [0, 0.05) is 49.1 Å². The molecule has 0 aliphatic carbocycles. The van der Waals surface area contributed by atoms with Gasteiger partial charge in [0.1, 0.15) is 11.9 Å². The summed E-state index contributed by atoms with van der Waals surface area (Å²) in [6, 6.07) is 24.2. The lowest BCUT2D eigenvalue weighted by atomic mass is 10.0. The Kier molecular flexibility index (Phi) is 5.76. The third-order valence-corrected chi connectivity index (χ3v) is 6.28. The van der Waals surface area contributed by atoms with E-state index in [-0.39, 0.29) is 6.04 Å². The molecule has 3 heterocycles. The first-order chi connectivity index (χ1) is 16.7. The zero-order chi connectivity index (χ0) is 23.5. The van der Waals surface area contributed by atoms with Crippen LogP contribution in [0.4, 0.5) is 11.6 Å². The van der Waals surface area contributed by atoms with Gasteiger partial charge in [0.25, 0.3) is 0 Å². The van der Waals surface area contributed by atoms with Crippen LogP contribution in [0.3, 0.4) is 0 Å². The highest BCUT2D eigenvalue weighted by Gasteiger charge is 2.27. The van der Waals surface area contributed by atoms with Crippen LogP contribution in [0.1, 0.15) is 29.3 Å². The van der Waals surface area contributed by atoms with E-state index in [9.17, 15) is 5.26 Å². The Bertz CT molecular complexity index is 1400. The molecule has 1 saturated heterocycles. The highest BCUT2D eigenvalue weighted by molar-refractivity contribution is 5.94. The number of hydrogen-bond acceptors (Lipinski definition) is 7. The van der Waals surface area contributed by atoms with Gasteiger partial charge < -0.3 is 9.80 Å². The van der Waals surface area contributed by atoms with Crippen LogP contribution in [0, 0.1) is 22.7 Å². The van der Waals surface area contributed by atoms with E-state index < -0.39 is 0 Å². The molecule has 0 bridgehead atoms. The van der Waals surface area contributed by atoms with Crippen molar-refractivity contribution in [2.24, 2.45) is 0 Å². The van der Waals surface area contributed by atoms with E-state index in [1.165, 1.54) is 0 Å². The quantitative estimate of drug-likeness (QED) is 0.467. The van der Waals surface area contributed by atoms with Crippen molar-refractivity contribution in [3.63, 3.8) is 0 Å². The molecule has 0 radical (unpaired) electrons. The summed E-state index contributed by atoms with van der Waals surface area (Å²) in [5.74, 6) is 1.72. The summed E-state index contributed by atoms with van der Waals surface area (Å²) >= 11 is 0. The third kappa shape index (κ3) is 4.12. The van der Waals surface area contributed by atoms with E-state index in [1.807, 2.05) is 42.5 Å². The fourth-order valence-corrected chi connectivity index (χ4v) is 4.53. The molecule has 166 valence electrons. The fourth-order valence-electron chi connectivity index (χ4n) is 4.53.